The first-order valence-electron chi connectivity index (χ1n) is 8.18. The number of rotatable bonds is 6. The number of hydrogen-bond donors (Lipinski definition) is 0. The van der Waals surface area contributed by atoms with Crippen LogP contribution in [0.3, 0.4) is 0 Å². The molecule has 0 radical (unpaired) electrons. The van der Waals surface area contributed by atoms with E-state index in [1.165, 1.54) is 10.5 Å². The minimum atomic E-state index is -0.286. The lowest BCUT2D eigenvalue weighted by Gasteiger charge is -2.27. The molecule has 23 heavy (non-hydrogen) atoms. The molecule has 2 aromatic carbocycles. The van der Waals surface area contributed by atoms with Gasteiger partial charge in [0.25, 0.3) is 0 Å². The largest absolute Gasteiger partial charge is 0.299 e. The van der Waals surface area contributed by atoms with Gasteiger partial charge in [-0.1, -0.05) is 76.2 Å². The number of ketones is 1. The summed E-state index contributed by atoms with van der Waals surface area (Å²) in [6.45, 7) is 8.25. The van der Waals surface area contributed by atoms with Crippen LogP contribution in [-0.4, -0.2) is 11.0 Å². The number of benzene rings is 2. The van der Waals surface area contributed by atoms with E-state index in [1.807, 2.05) is 44.7 Å². The Morgan fingerprint density at radius 2 is 1.48 bits per heavy atom. The van der Waals surface area contributed by atoms with Crippen molar-refractivity contribution in [1.82, 2.24) is 0 Å². The second-order valence-corrected chi connectivity index (χ2v) is 8.36. The summed E-state index contributed by atoms with van der Waals surface area (Å²) in [7, 11) is 0. The lowest BCUT2D eigenvalue weighted by atomic mass is 9.85. The number of carbonyl (C=O) groups is 1. The van der Waals surface area contributed by atoms with Crippen molar-refractivity contribution in [2.45, 2.75) is 50.2 Å². The first-order valence-corrected chi connectivity index (χ1v) is 9.06. The summed E-state index contributed by atoms with van der Waals surface area (Å²) in [5.41, 5.74) is 1.01. The van der Waals surface area contributed by atoms with Gasteiger partial charge in [-0.2, -0.15) is 0 Å². The van der Waals surface area contributed by atoms with Gasteiger partial charge >= 0.3 is 0 Å². The highest BCUT2D eigenvalue weighted by Crippen LogP contribution is 2.37. The Kier molecular flexibility index (Phi) is 6.06. The number of hydrogen-bond acceptors (Lipinski definition) is 2. The van der Waals surface area contributed by atoms with Gasteiger partial charge in [-0.25, -0.2) is 0 Å². The molecule has 0 saturated carbocycles. The van der Waals surface area contributed by atoms with E-state index in [-0.39, 0.29) is 10.7 Å². The highest BCUT2D eigenvalue weighted by molar-refractivity contribution is 8.00. The summed E-state index contributed by atoms with van der Waals surface area (Å²) >= 11 is 1.82. The zero-order valence-electron chi connectivity index (χ0n) is 14.5. The van der Waals surface area contributed by atoms with E-state index in [9.17, 15) is 4.79 Å². The van der Waals surface area contributed by atoms with E-state index in [0.29, 0.717) is 18.1 Å². The SMILES string of the molecule is C[C@H](c1ccccc1)[C@H](CC(=O)C(C)(C)C)Sc1ccccc1. The fraction of sp³-hybridized carbons (Fsp3) is 0.381. The van der Waals surface area contributed by atoms with Crippen LogP contribution in [0.15, 0.2) is 65.6 Å². The Balaban J connectivity index is 2.22. The summed E-state index contributed by atoms with van der Waals surface area (Å²) in [5.74, 6) is 0.654. The predicted molar refractivity (Wildman–Crippen MR) is 100 cm³/mol. The molecule has 0 unspecified atom stereocenters. The Morgan fingerprint density at radius 3 is 2.00 bits per heavy atom. The zero-order chi connectivity index (χ0) is 16.9. The van der Waals surface area contributed by atoms with Gasteiger partial charge in [0.1, 0.15) is 5.78 Å². The monoisotopic (exact) mass is 326 g/mol. The highest BCUT2D eigenvalue weighted by atomic mass is 32.2. The quantitative estimate of drug-likeness (QED) is 0.610. The Labute approximate surface area is 144 Å². The third-order valence-electron chi connectivity index (χ3n) is 4.14. The van der Waals surface area contributed by atoms with E-state index in [2.05, 4.69) is 55.5 Å². The van der Waals surface area contributed by atoms with Gasteiger partial charge < -0.3 is 0 Å². The molecule has 2 heteroatoms. The normalized spacial score (nSPS) is 14.3. The average molecular weight is 327 g/mol. The topological polar surface area (TPSA) is 17.1 Å². The second kappa shape index (κ2) is 7.83. The van der Waals surface area contributed by atoms with Gasteiger partial charge in [0.2, 0.25) is 0 Å². The maximum absolute atomic E-state index is 12.6. The molecule has 0 fully saturated rings. The predicted octanol–water partition coefficient (Wildman–Crippen LogP) is 5.96. The summed E-state index contributed by atoms with van der Waals surface area (Å²) < 4.78 is 0. The Bertz CT molecular complexity index is 613. The van der Waals surface area contributed by atoms with E-state index >= 15 is 0 Å². The van der Waals surface area contributed by atoms with Crippen LogP contribution in [0.4, 0.5) is 0 Å². The number of carbonyl (C=O) groups excluding carboxylic acids is 1. The van der Waals surface area contributed by atoms with Gasteiger partial charge in [0.05, 0.1) is 0 Å². The lowest BCUT2D eigenvalue weighted by Crippen LogP contribution is -2.26. The Hall–Kier alpha value is -1.54. The molecule has 0 aliphatic heterocycles. The second-order valence-electron chi connectivity index (χ2n) is 7.05. The maximum atomic E-state index is 12.6. The third-order valence-corrected chi connectivity index (χ3v) is 5.56. The van der Waals surface area contributed by atoms with Gasteiger partial charge in [-0.3, -0.25) is 4.79 Å². The molecule has 2 atom stereocenters. The molecule has 0 aliphatic rings. The van der Waals surface area contributed by atoms with Crippen LogP contribution in [0.2, 0.25) is 0 Å². The molecule has 0 aromatic heterocycles. The molecule has 2 rings (SSSR count). The fourth-order valence-electron chi connectivity index (χ4n) is 2.45. The molecule has 0 amide bonds. The standard InChI is InChI=1S/C21H26OS/c1-16(17-11-7-5-8-12-17)19(15-20(22)21(2,3)4)23-18-13-9-6-10-14-18/h5-14,16,19H,15H2,1-4H3/t16-,19+/m1/s1. The molecule has 0 spiro atoms. The van der Waals surface area contributed by atoms with Crippen molar-refractivity contribution in [1.29, 1.82) is 0 Å². The Morgan fingerprint density at radius 1 is 0.957 bits per heavy atom. The minimum absolute atomic E-state index is 0.242. The summed E-state index contributed by atoms with van der Waals surface area (Å²) in [6.07, 6.45) is 0.596. The van der Waals surface area contributed by atoms with Gasteiger partial charge in [-0.15, -0.1) is 11.8 Å². The van der Waals surface area contributed by atoms with Crippen molar-refractivity contribution in [3.8, 4) is 0 Å². The van der Waals surface area contributed by atoms with Gasteiger partial charge in [0.15, 0.2) is 0 Å². The first kappa shape index (κ1) is 17.8. The minimum Gasteiger partial charge on any atom is -0.299 e. The van der Waals surface area contributed by atoms with Crippen LogP contribution >= 0.6 is 11.8 Å². The van der Waals surface area contributed by atoms with Gasteiger partial charge in [-0.05, 0) is 23.6 Å². The van der Waals surface area contributed by atoms with Gasteiger partial charge in [0, 0.05) is 22.0 Å². The first-order chi connectivity index (χ1) is 10.9. The fourth-order valence-corrected chi connectivity index (χ4v) is 3.71. The van der Waals surface area contributed by atoms with E-state index in [1.54, 1.807) is 0 Å². The molecule has 122 valence electrons. The molecule has 0 heterocycles. The van der Waals surface area contributed by atoms with Crippen LogP contribution in [0.1, 0.15) is 45.6 Å². The van der Waals surface area contributed by atoms with Crippen molar-refractivity contribution in [3.05, 3.63) is 66.2 Å². The number of thioether (sulfide) groups is 1. The molecule has 0 bridgehead atoms. The van der Waals surface area contributed by atoms with Crippen LogP contribution in [0, 0.1) is 5.41 Å². The zero-order valence-corrected chi connectivity index (χ0v) is 15.3. The lowest BCUT2D eigenvalue weighted by molar-refractivity contribution is -0.126. The summed E-state index contributed by atoms with van der Waals surface area (Å²) in [6, 6.07) is 20.9. The van der Waals surface area contributed by atoms with E-state index < -0.39 is 0 Å². The molecule has 0 aliphatic carbocycles. The molecule has 1 nitrogen and oxygen atoms in total. The highest BCUT2D eigenvalue weighted by Gasteiger charge is 2.28. The van der Waals surface area contributed by atoms with E-state index in [4.69, 9.17) is 0 Å². The molecule has 2 aromatic rings. The van der Waals surface area contributed by atoms with Crippen LogP contribution in [-0.2, 0) is 4.79 Å². The molecular weight excluding hydrogens is 300 g/mol. The van der Waals surface area contributed by atoms with Crippen molar-refractivity contribution in [2.75, 3.05) is 0 Å². The van der Waals surface area contributed by atoms with Crippen molar-refractivity contribution >= 4 is 17.5 Å². The average Bonchev–Trinajstić information content (AvgIpc) is 2.54. The smallest absolute Gasteiger partial charge is 0.139 e. The molecule has 0 N–H and O–H groups in total. The number of Topliss-reactive ketones (excluding diaryl/α,β-unsaturated/α-hetero) is 1. The van der Waals surface area contributed by atoms with Crippen molar-refractivity contribution < 1.29 is 4.79 Å². The van der Waals surface area contributed by atoms with Crippen LogP contribution < -0.4 is 0 Å². The molecule has 0 saturated heterocycles. The third kappa shape index (κ3) is 5.24. The summed E-state index contributed by atoms with van der Waals surface area (Å²) in [4.78, 5) is 13.8. The van der Waals surface area contributed by atoms with Crippen LogP contribution in [0.5, 0.6) is 0 Å². The maximum Gasteiger partial charge on any atom is 0.139 e. The van der Waals surface area contributed by atoms with E-state index in [0.717, 1.165) is 0 Å². The van der Waals surface area contributed by atoms with Crippen LogP contribution in [0.25, 0.3) is 0 Å². The molecular formula is C21H26OS. The van der Waals surface area contributed by atoms with Crippen molar-refractivity contribution in [3.63, 3.8) is 0 Å². The summed E-state index contributed by atoms with van der Waals surface area (Å²) in [5, 5.41) is 0.242. The van der Waals surface area contributed by atoms with Crippen molar-refractivity contribution in [2.24, 2.45) is 5.41 Å².